The highest BCUT2D eigenvalue weighted by Crippen LogP contribution is 2.28. The lowest BCUT2D eigenvalue weighted by atomic mass is 9.86. The van der Waals surface area contributed by atoms with E-state index in [-0.39, 0.29) is 24.6 Å². The summed E-state index contributed by atoms with van der Waals surface area (Å²) in [5.41, 5.74) is -0.444. The van der Waals surface area contributed by atoms with Crippen molar-refractivity contribution in [2.75, 3.05) is 32.8 Å². The summed E-state index contributed by atoms with van der Waals surface area (Å²) in [5.74, 6) is -0.0579. The Kier molecular flexibility index (Phi) is 37.3. The molecule has 0 amide bonds. The largest absolute Gasteiger partial charge is 0.466 e. The van der Waals surface area contributed by atoms with Gasteiger partial charge in [0.2, 0.25) is 0 Å². The smallest absolute Gasteiger partial charge is 0.311 e. The minimum Gasteiger partial charge on any atom is -0.466 e. The number of hydrogen-bond donors (Lipinski definition) is 1. The fraction of sp³-hybridized carbons (Fsp3) is 0.957. The maximum atomic E-state index is 13.3. The first-order valence-corrected chi connectivity index (χ1v) is 23.0. The molecule has 6 nitrogen and oxygen atoms in total. The molecule has 0 saturated carbocycles. The lowest BCUT2D eigenvalue weighted by Crippen LogP contribution is -2.31. The molecule has 0 aliphatic carbocycles. The van der Waals surface area contributed by atoms with Crippen LogP contribution >= 0.6 is 0 Å². The Bertz CT molecular complexity index is 756. The number of aliphatic hydroxyl groups excluding tert-OH is 1. The van der Waals surface area contributed by atoms with E-state index >= 15 is 0 Å². The van der Waals surface area contributed by atoms with Gasteiger partial charge in [0.15, 0.2) is 0 Å². The monoisotopic (exact) mass is 738 g/mol. The molecule has 0 aromatic rings. The molecule has 6 heteroatoms. The van der Waals surface area contributed by atoms with Gasteiger partial charge in [-0.2, -0.15) is 0 Å². The average Bonchev–Trinajstić information content (AvgIpc) is 3.12. The average molecular weight is 738 g/mol. The van der Waals surface area contributed by atoms with Crippen molar-refractivity contribution in [3.63, 3.8) is 0 Å². The Labute approximate surface area is 324 Å². The van der Waals surface area contributed by atoms with Gasteiger partial charge in [-0.15, -0.1) is 0 Å². The predicted octanol–water partition coefficient (Wildman–Crippen LogP) is 13.3. The Morgan fingerprint density at radius 2 is 0.962 bits per heavy atom. The van der Waals surface area contributed by atoms with Gasteiger partial charge in [0.05, 0.1) is 18.6 Å². The van der Waals surface area contributed by atoms with Crippen molar-refractivity contribution in [2.45, 2.75) is 246 Å². The Morgan fingerprint density at radius 1 is 0.538 bits per heavy atom. The predicted molar refractivity (Wildman–Crippen MR) is 223 cm³/mol. The zero-order valence-corrected chi connectivity index (χ0v) is 35.8. The molecule has 0 radical (unpaired) electrons. The van der Waals surface area contributed by atoms with Gasteiger partial charge >= 0.3 is 11.9 Å². The van der Waals surface area contributed by atoms with Gasteiger partial charge in [-0.05, 0) is 84.7 Å². The first kappa shape index (κ1) is 50.9. The standard InChI is InChI=1S/C46H91NO5/c1-6-9-12-15-18-19-20-21-24-29-36-44(49)51-42-33-32-39-47(40-41-48)38-31-26-25-30-37-46(4,5)45(50)52-43(34-27-22-16-13-10-7-2)35-28-23-17-14-11-8-3/h43,48H,6-42H2,1-5H3. The number of hydrogen-bond acceptors (Lipinski definition) is 6. The van der Waals surface area contributed by atoms with Crippen LogP contribution in [0, 0.1) is 5.41 Å². The summed E-state index contributed by atoms with van der Waals surface area (Å²) in [5, 5.41) is 9.58. The Balaban J connectivity index is 4.19. The molecule has 1 N–H and O–H groups in total. The van der Waals surface area contributed by atoms with Crippen LogP contribution in [0.1, 0.15) is 240 Å². The number of esters is 2. The lowest BCUT2D eigenvalue weighted by molar-refractivity contribution is -0.161. The van der Waals surface area contributed by atoms with Crippen LogP contribution in [0.3, 0.4) is 0 Å². The zero-order chi connectivity index (χ0) is 38.4. The van der Waals surface area contributed by atoms with Crippen molar-refractivity contribution in [3.05, 3.63) is 0 Å². The van der Waals surface area contributed by atoms with Crippen molar-refractivity contribution >= 4 is 11.9 Å². The van der Waals surface area contributed by atoms with E-state index in [1.807, 2.05) is 0 Å². The highest BCUT2D eigenvalue weighted by atomic mass is 16.5. The zero-order valence-electron chi connectivity index (χ0n) is 35.8. The molecule has 0 atom stereocenters. The molecule has 310 valence electrons. The molecule has 0 bridgehead atoms. The maximum absolute atomic E-state index is 13.3. The highest BCUT2D eigenvalue weighted by Gasteiger charge is 2.30. The van der Waals surface area contributed by atoms with Crippen molar-refractivity contribution in [1.29, 1.82) is 0 Å². The molecular formula is C46H91NO5. The van der Waals surface area contributed by atoms with E-state index in [1.54, 1.807) is 0 Å². The quantitative estimate of drug-likeness (QED) is 0.0497. The summed E-state index contributed by atoms with van der Waals surface area (Å²) in [4.78, 5) is 27.8. The third-order valence-electron chi connectivity index (χ3n) is 10.9. The maximum Gasteiger partial charge on any atom is 0.311 e. The van der Waals surface area contributed by atoms with Crippen LogP contribution in [0.2, 0.25) is 0 Å². The van der Waals surface area contributed by atoms with E-state index in [0.717, 1.165) is 96.6 Å². The molecule has 52 heavy (non-hydrogen) atoms. The number of unbranched alkanes of at least 4 members (excludes halogenated alkanes) is 23. The number of nitrogens with zero attached hydrogens (tertiary/aromatic N) is 1. The number of carbonyl (C=O) groups excluding carboxylic acids is 2. The Morgan fingerprint density at radius 3 is 1.46 bits per heavy atom. The first-order valence-electron chi connectivity index (χ1n) is 23.0. The molecule has 0 fully saturated rings. The normalized spacial score (nSPS) is 11.9. The molecule has 0 spiro atoms. The van der Waals surface area contributed by atoms with E-state index < -0.39 is 5.41 Å². The number of carbonyl (C=O) groups is 2. The summed E-state index contributed by atoms with van der Waals surface area (Å²) in [6.45, 7) is 14.2. The van der Waals surface area contributed by atoms with E-state index in [0.29, 0.717) is 19.6 Å². The summed E-state index contributed by atoms with van der Waals surface area (Å²) in [6.07, 6.45) is 37.7. The van der Waals surface area contributed by atoms with E-state index in [1.165, 1.54) is 116 Å². The van der Waals surface area contributed by atoms with Gasteiger partial charge < -0.3 is 19.5 Å². The molecule has 0 rings (SSSR count). The minimum absolute atomic E-state index is 0.00642. The summed E-state index contributed by atoms with van der Waals surface area (Å²) >= 11 is 0. The molecule has 0 aliphatic heterocycles. The van der Waals surface area contributed by atoms with Crippen LogP contribution in [0.5, 0.6) is 0 Å². The second-order valence-electron chi connectivity index (χ2n) is 16.6. The number of rotatable bonds is 41. The van der Waals surface area contributed by atoms with E-state index in [9.17, 15) is 14.7 Å². The van der Waals surface area contributed by atoms with Gasteiger partial charge in [-0.3, -0.25) is 9.59 Å². The fourth-order valence-electron chi connectivity index (χ4n) is 7.16. The summed E-state index contributed by atoms with van der Waals surface area (Å²) < 4.78 is 11.7. The molecule has 0 heterocycles. The second-order valence-corrected chi connectivity index (χ2v) is 16.6. The van der Waals surface area contributed by atoms with Crippen molar-refractivity contribution < 1.29 is 24.2 Å². The van der Waals surface area contributed by atoms with Crippen LogP contribution in [-0.4, -0.2) is 60.9 Å². The van der Waals surface area contributed by atoms with Gasteiger partial charge in [0, 0.05) is 13.0 Å². The second kappa shape index (κ2) is 38.1. The summed E-state index contributed by atoms with van der Waals surface area (Å²) in [7, 11) is 0. The van der Waals surface area contributed by atoms with Gasteiger partial charge in [-0.1, -0.05) is 162 Å². The number of aliphatic hydroxyl groups is 1. The molecule has 0 aliphatic rings. The van der Waals surface area contributed by atoms with Gasteiger partial charge in [0.25, 0.3) is 0 Å². The van der Waals surface area contributed by atoms with Crippen LogP contribution in [0.25, 0.3) is 0 Å². The SMILES string of the molecule is CCCCCCCCCCCCC(=O)OCCCCN(CCO)CCCCCCC(C)(C)C(=O)OC(CCCCCCCC)CCCCCCCC. The lowest BCUT2D eigenvalue weighted by Gasteiger charge is -2.27. The molecular weight excluding hydrogens is 647 g/mol. The van der Waals surface area contributed by atoms with Gasteiger partial charge in [-0.25, -0.2) is 0 Å². The van der Waals surface area contributed by atoms with Crippen LogP contribution in [0.15, 0.2) is 0 Å². The Hall–Kier alpha value is -1.14. The third kappa shape index (κ3) is 33.4. The first-order chi connectivity index (χ1) is 25.3. The van der Waals surface area contributed by atoms with Crippen molar-refractivity contribution in [1.82, 2.24) is 4.90 Å². The number of ether oxygens (including phenoxy) is 2. The molecule has 0 saturated heterocycles. The van der Waals surface area contributed by atoms with Crippen LogP contribution in [-0.2, 0) is 19.1 Å². The highest BCUT2D eigenvalue weighted by molar-refractivity contribution is 5.76. The van der Waals surface area contributed by atoms with Gasteiger partial charge in [0.1, 0.15) is 6.10 Å². The fourth-order valence-corrected chi connectivity index (χ4v) is 7.16. The van der Waals surface area contributed by atoms with E-state index in [2.05, 4.69) is 39.5 Å². The summed E-state index contributed by atoms with van der Waals surface area (Å²) in [6, 6.07) is 0. The van der Waals surface area contributed by atoms with Crippen LogP contribution < -0.4 is 0 Å². The third-order valence-corrected chi connectivity index (χ3v) is 10.9. The molecule has 0 unspecified atom stereocenters. The molecule has 0 aromatic heterocycles. The minimum atomic E-state index is -0.444. The van der Waals surface area contributed by atoms with Crippen molar-refractivity contribution in [3.8, 4) is 0 Å². The topological polar surface area (TPSA) is 76.1 Å². The van der Waals surface area contributed by atoms with Crippen LogP contribution in [0.4, 0.5) is 0 Å². The molecule has 0 aromatic carbocycles. The van der Waals surface area contributed by atoms with Crippen molar-refractivity contribution in [2.24, 2.45) is 5.41 Å². The van der Waals surface area contributed by atoms with E-state index in [4.69, 9.17) is 9.47 Å².